The van der Waals surface area contributed by atoms with Crippen LogP contribution in [0.3, 0.4) is 0 Å². The lowest BCUT2D eigenvalue weighted by Gasteiger charge is -2.40. The van der Waals surface area contributed by atoms with Crippen molar-refractivity contribution >= 4 is 46.4 Å². The molecular formula is C13H10Cl4O2. The third-order valence-electron chi connectivity index (χ3n) is 3.95. The van der Waals surface area contributed by atoms with Crippen LogP contribution in [0.25, 0.3) is 0 Å². The largest absolute Gasteiger partial charge is 0.349 e. The smallest absolute Gasteiger partial charge is 0.225 e. The number of rotatable bonds is 2. The third kappa shape index (κ3) is 1.17. The SMILES string of the molecule is COC1(OC)C2(Cl)C(Cl)=C(Cl)C1(Cl)c1ccccc12. The quantitative estimate of drug-likeness (QED) is 0.592. The number of hydrogen-bond acceptors (Lipinski definition) is 2. The summed E-state index contributed by atoms with van der Waals surface area (Å²) < 4.78 is 11.1. The maximum Gasteiger partial charge on any atom is 0.225 e. The summed E-state index contributed by atoms with van der Waals surface area (Å²) in [6, 6.07) is 7.42. The molecule has 1 aromatic carbocycles. The van der Waals surface area contributed by atoms with Gasteiger partial charge >= 0.3 is 0 Å². The van der Waals surface area contributed by atoms with Crippen molar-refractivity contribution in [3.63, 3.8) is 0 Å². The first-order valence-corrected chi connectivity index (χ1v) is 7.07. The predicted molar refractivity (Wildman–Crippen MR) is 77.0 cm³/mol. The molecule has 2 bridgehead atoms. The van der Waals surface area contributed by atoms with E-state index in [-0.39, 0.29) is 10.1 Å². The lowest BCUT2D eigenvalue weighted by molar-refractivity contribution is -0.228. The molecule has 0 aromatic heterocycles. The molecule has 0 fully saturated rings. The molecule has 2 unspecified atom stereocenters. The molecule has 0 saturated carbocycles. The molecule has 2 atom stereocenters. The first-order valence-electron chi connectivity index (χ1n) is 5.56. The number of halogens is 4. The summed E-state index contributed by atoms with van der Waals surface area (Å²) in [4.78, 5) is -2.49. The molecule has 19 heavy (non-hydrogen) atoms. The van der Waals surface area contributed by atoms with Crippen LogP contribution in [-0.4, -0.2) is 20.0 Å². The number of hydrogen-bond donors (Lipinski definition) is 0. The topological polar surface area (TPSA) is 18.5 Å². The summed E-state index contributed by atoms with van der Waals surface area (Å²) in [5.74, 6) is -1.37. The predicted octanol–water partition coefficient (Wildman–Crippen LogP) is 4.26. The normalized spacial score (nSPS) is 34.8. The summed E-state index contributed by atoms with van der Waals surface area (Å²) in [7, 11) is 2.95. The molecule has 6 heteroatoms. The summed E-state index contributed by atoms with van der Waals surface area (Å²) in [6.45, 7) is 0. The highest BCUT2D eigenvalue weighted by molar-refractivity contribution is 6.52. The Morgan fingerprint density at radius 3 is 1.53 bits per heavy atom. The van der Waals surface area contributed by atoms with Crippen LogP contribution in [0.2, 0.25) is 0 Å². The van der Waals surface area contributed by atoms with Gasteiger partial charge in [-0.25, -0.2) is 0 Å². The van der Waals surface area contributed by atoms with E-state index >= 15 is 0 Å². The maximum absolute atomic E-state index is 6.78. The van der Waals surface area contributed by atoms with Crippen molar-refractivity contribution < 1.29 is 9.47 Å². The Morgan fingerprint density at radius 2 is 1.21 bits per heavy atom. The van der Waals surface area contributed by atoms with Crippen LogP contribution in [0, 0.1) is 0 Å². The molecule has 0 aliphatic heterocycles. The van der Waals surface area contributed by atoms with Crippen molar-refractivity contribution in [2.75, 3.05) is 14.2 Å². The Hall–Kier alpha value is 0.0400. The number of ether oxygens (including phenoxy) is 2. The molecule has 3 rings (SSSR count). The van der Waals surface area contributed by atoms with Gasteiger partial charge in [0.1, 0.15) is 0 Å². The first-order chi connectivity index (χ1) is 8.91. The van der Waals surface area contributed by atoms with E-state index < -0.39 is 15.5 Å². The fourth-order valence-corrected chi connectivity index (χ4v) is 5.14. The van der Waals surface area contributed by atoms with E-state index in [1.807, 2.05) is 24.3 Å². The van der Waals surface area contributed by atoms with Gasteiger partial charge in [0.05, 0.1) is 10.1 Å². The van der Waals surface area contributed by atoms with E-state index in [1.54, 1.807) is 0 Å². The second-order valence-electron chi connectivity index (χ2n) is 4.52. The van der Waals surface area contributed by atoms with Crippen LogP contribution in [0.1, 0.15) is 11.1 Å². The van der Waals surface area contributed by atoms with Crippen LogP contribution >= 0.6 is 46.4 Å². The second kappa shape index (κ2) is 4.03. The molecule has 2 aliphatic rings. The molecule has 102 valence electrons. The van der Waals surface area contributed by atoms with E-state index in [0.717, 1.165) is 11.1 Å². The van der Waals surface area contributed by atoms with E-state index in [2.05, 4.69) is 0 Å². The van der Waals surface area contributed by atoms with Gasteiger partial charge in [-0.1, -0.05) is 47.5 Å². The zero-order valence-corrected chi connectivity index (χ0v) is 13.2. The zero-order valence-electron chi connectivity index (χ0n) is 10.1. The van der Waals surface area contributed by atoms with Gasteiger partial charge in [-0.3, -0.25) is 0 Å². The lowest BCUT2D eigenvalue weighted by atomic mass is 9.96. The second-order valence-corrected chi connectivity index (χ2v) is 6.41. The van der Waals surface area contributed by atoms with Gasteiger partial charge in [0.25, 0.3) is 0 Å². The Labute approximate surface area is 131 Å². The molecule has 0 N–H and O–H groups in total. The minimum atomic E-state index is -1.37. The molecule has 0 heterocycles. The van der Waals surface area contributed by atoms with Crippen LogP contribution in [0.5, 0.6) is 0 Å². The summed E-state index contributed by atoms with van der Waals surface area (Å²) in [5.41, 5.74) is 1.51. The van der Waals surface area contributed by atoms with Crippen molar-refractivity contribution in [2.24, 2.45) is 0 Å². The molecule has 0 amide bonds. The van der Waals surface area contributed by atoms with Gasteiger partial charge < -0.3 is 9.47 Å². The highest BCUT2D eigenvalue weighted by Gasteiger charge is 2.79. The van der Waals surface area contributed by atoms with Gasteiger partial charge in [-0.15, -0.1) is 23.2 Å². The standard InChI is InChI=1S/C13H10Cl4O2/c1-18-13(19-2)11(16)7-5-3-4-6-8(7)12(13,17)10(15)9(11)14/h3-6H,1-2H3. The Balaban J connectivity index is 2.45. The van der Waals surface area contributed by atoms with Gasteiger partial charge in [0, 0.05) is 14.2 Å². The monoisotopic (exact) mass is 338 g/mol. The zero-order chi connectivity index (χ0) is 14.1. The fraction of sp³-hybridized carbons (Fsp3) is 0.385. The summed E-state index contributed by atoms with van der Waals surface area (Å²) in [5, 5.41) is 0.487. The first kappa shape index (κ1) is 14.0. The molecule has 0 spiro atoms. The summed E-state index contributed by atoms with van der Waals surface area (Å²) in [6.07, 6.45) is 0. The Morgan fingerprint density at radius 1 is 0.842 bits per heavy atom. The van der Waals surface area contributed by atoms with E-state index in [0.29, 0.717) is 0 Å². The van der Waals surface area contributed by atoms with Crippen molar-refractivity contribution in [2.45, 2.75) is 15.5 Å². The highest BCUT2D eigenvalue weighted by atomic mass is 35.5. The highest BCUT2D eigenvalue weighted by Crippen LogP contribution is 2.74. The molecule has 2 nitrogen and oxygen atoms in total. The van der Waals surface area contributed by atoms with Crippen LogP contribution in [-0.2, 0) is 19.2 Å². The minimum Gasteiger partial charge on any atom is -0.349 e. The van der Waals surface area contributed by atoms with Crippen LogP contribution in [0.4, 0.5) is 0 Å². The number of fused-ring (bicyclic) bond motifs is 5. The molecule has 0 saturated heterocycles. The van der Waals surface area contributed by atoms with Gasteiger partial charge in [0.2, 0.25) is 5.79 Å². The Bertz CT molecular complexity index is 549. The van der Waals surface area contributed by atoms with Crippen molar-refractivity contribution in [3.05, 3.63) is 45.5 Å². The van der Waals surface area contributed by atoms with E-state index in [1.165, 1.54) is 14.2 Å². The molecular weight excluding hydrogens is 330 g/mol. The van der Waals surface area contributed by atoms with Crippen LogP contribution < -0.4 is 0 Å². The van der Waals surface area contributed by atoms with Gasteiger partial charge in [-0.2, -0.15) is 0 Å². The van der Waals surface area contributed by atoms with E-state index in [9.17, 15) is 0 Å². The Kier molecular flexibility index (Phi) is 2.97. The van der Waals surface area contributed by atoms with Crippen molar-refractivity contribution in [1.82, 2.24) is 0 Å². The maximum atomic E-state index is 6.78. The minimum absolute atomic E-state index is 0.244. The molecule has 1 aromatic rings. The third-order valence-corrected chi connectivity index (χ3v) is 6.47. The number of alkyl halides is 2. The van der Waals surface area contributed by atoms with Crippen LogP contribution in [0.15, 0.2) is 34.3 Å². The lowest BCUT2D eigenvalue weighted by Crippen LogP contribution is -2.53. The average molecular weight is 340 g/mol. The van der Waals surface area contributed by atoms with Gasteiger partial charge in [-0.05, 0) is 11.1 Å². The molecule has 2 aliphatic carbocycles. The average Bonchev–Trinajstić information content (AvgIpc) is 2.69. The summed E-state index contributed by atoms with van der Waals surface area (Å²) >= 11 is 26.2. The van der Waals surface area contributed by atoms with Crippen molar-refractivity contribution in [3.8, 4) is 0 Å². The van der Waals surface area contributed by atoms with Gasteiger partial charge in [0.15, 0.2) is 9.75 Å². The van der Waals surface area contributed by atoms with Crippen molar-refractivity contribution in [1.29, 1.82) is 0 Å². The van der Waals surface area contributed by atoms with E-state index in [4.69, 9.17) is 55.9 Å². The number of benzene rings is 1. The molecule has 0 radical (unpaired) electrons. The number of methoxy groups -OCH3 is 2. The fourth-order valence-electron chi connectivity index (χ4n) is 3.15.